The second kappa shape index (κ2) is 13.3. The van der Waals surface area contributed by atoms with Gasteiger partial charge in [-0.05, 0) is 18.9 Å². The number of hydrogen-bond acceptors (Lipinski definition) is 13. The van der Waals surface area contributed by atoms with Gasteiger partial charge in [-0.25, -0.2) is 0 Å². The summed E-state index contributed by atoms with van der Waals surface area (Å²) in [5.41, 5.74) is 0.566. The Kier molecular flexibility index (Phi) is 10.7. The van der Waals surface area contributed by atoms with Gasteiger partial charge in [0, 0.05) is 11.6 Å². The van der Waals surface area contributed by atoms with Crippen LogP contribution in [0.2, 0.25) is 0 Å². The molecule has 2 fully saturated rings. The Morgan fingerprint density at radius 2 is 1.43 bits per heavy atom. The number of methoxy groups -OCH3 is 1. The molecule has 0 amide bonds. The number of aliphatic hydroxyl groups excluding tert-OH is 7. The van der Waals surface area contributed by atoms with Crippen LogP contribution in [0.15, 0.2) is 12.1 Å². The van der Waals surface area contributed by atoms with Crippen LogP contribution in [0.4, 0.5) is 0 Å². The Hall–Kier alpha value is -1.78. The van der Waals surface area contributed by atoms with Gasteiger partial charge in [-0.1, -0.05) is 19.8 Å². The van der Waals surface area contributed by atoms with Crippen LogP contribution in [0, 0.1) is 0 Å². The lowest BCUT2D eigenvalue weighted by Crippen LogP contribution is -2.62. The van der Waals surface area contributed by atoms with Gasteiger partial charge in [0.15, 0.2) is 17.8 Å². The summed E-state index contributed by atoms with van der Waals surface area (Å²) in [5, 5.41) is 81.0. The van der Waals surface area contributed by atoms with Gasteiger partial charge >= 0.3 is 0 Å². The molecule has 2 aliphatic rings. The molecule has 3 rings (SSSR count). The summed E-state index contributed by atoms with van der Waals surface area (Å²) in [6, 6.07) is 2.96. The smallest absolute Gasteiger partial charge is 0.229 e. The molecule has 2 saturated heterocycles. The maximum atomic E-state index is 10.5. The fraction of sp³-hybridized carbons (Fsp3) is 0.750. The molecule has 0 spiro atoms. The first-order chi connectivity index (χ1) is 17.6. The van der Waals surface area contributed by atoms with Crippen LogP contribution in [0.1, 0.15) is 31.7 Å². The molecule has 212 valence electrons. The third-order valence-corrected chi connectivity index (χ3v) is 6.59. The van der Waals surface area contributed by atoms with E-state index in [1.54, 1.807) is 6.07 Å². The molecule has 10 atom stereocenters. The highest BCUT2D eigenvalue weighted by Gasteiger charge is 2.47. The van der Waals surface area contributed by atoms with Gasteiger partial charge in [-0.15, -0.1) is 0 Å². The molecule has 0 unspecified atom stereocenters. The van der Waals surface area contributed by atoms with Crippen molar-refractivity contribution in [3.05, 3.63) is 17.7 Å². The zero-order valence-corrected chi connectivity index (χ0v) is 20.8. The third-order valence-electron chi connectivity index (χ3n) is 6.59. The van der Waals surface area contributed by atoms with Gasteiger partial charge < -0.3 is 64.5 Å². The first-order valence-electron chi connectivity index (χ1n) is 12.3. The average molecular weight is 535 g/mol. The summed E-state index contributed by atoms with van der Waals surface area (Å²) in [5.74, 6) is 0.303. The van der Waals surface area contributed by atoms with Gasteiger partial charge in [0.2, 0.25) is 6.29 Å². The average Bonchev–Trinajstić information content (AvgIpc) is 2.89. The molecule has 8 N–H and O–H groups in total. The van der Waals surface area contributed by atoms with Crippen molar-refractivity contribution in [1.82, 2.24) is 0 Å². The molecular formula is C24H38O13. The van der Waals surface area contributed by atoms with Crippen molar-refractivity contribution < 1.29 is 64.5 Å². The molecule has 37 heavy (non-hydrogen) atoms. The number of aliphatic hydroxyl groups is 7. The molecule has 1 aromatic carbocycles. The molecule has 0 aliphatic carbocycles. The second-order valence-corrected chi connectivity index (χ2v) is 9.25. The van der Waals surface area contributed by atoms with Crippen molar-refractivity contribution in [3.63, 3.8) is 0 Å². The predicted octanol–water partition coefficient (Wildman–Crippen LogP) is -1.86. The molecule has 2 aliphatic heterocycles. The van der Waals surface area contributed by atoms with Crippen molar-refractivity contribution in [3.8, 4) is 17.2 Å². The van der Waals surface area contributed by atoms with Crippen molar-refractivity contribution in [1.29, 1.82) is 0 Å². The lowest BCUT2D eigenvalue weighted by Gasteiger charge is -2.42. The number of benzene rings is 1. The topological polar surface area (TPSA) is 208 Å². The van der Waals surface area contributed by atoms with E-state index in [-0.39, 0.29) is 17.2 Å². The Bertz CT molecular complexity index is 852. The zero-order valence-electron chi connectivity index (χ0n) is 20.8. The lowest BCUT2D eigenvalue weighted by molar-refractivity contribution is -0.323. The molecular weight excluding hydrogens is 496 g/mol. The monoisotopic (exact) mass is 534 g/mol. The molecule has 0 aromatic heterocycles. The number of rotatable bonds is 11. The standard InChI is InChI=1S/C24H38O13/c1-3-4-5-6-11-7-12(8-13(33-2)16(11)26)35-24-22(32)20(30)18(28)15(37-24)10-34-23-21(31)19(29)17(27)14(9-25)36-23/h7-8,14-15,17-32H,3-6,9-10H2,1-2H3/t14-,15-,17-,18-,19+,20+,21-,22-,23-,24-/m1/s1. The lowest BCUT2D eigenvalue weighted by atomic mass is 9.98. The summed E-state index contributed by atoms with van der Waals surface area (Å²) in [7, 11) is 1.38. The first kappa shape index (κ1) is 29.8. The molecule has 1 aromatic rings. The minimum Gasteiger partial charge on any atom is -0.504 e. The molecule has 0 radical (unpaired) electrons. The Balaban J connectivity index is 1.71. The molecule has 2 heterocycles. The van der Waals surface area contributed by atoms with E-state index >= 15 is 0 Å². The summed E-state index contributed by atoms with van der Waals surface area (Å²) in [4.78, 5) is 0. The van der Waals surface area contributed by atoms with Gasteiger partial charge in [-0.3, -0.25) is 0 Å². The van der Waals surface area contributed by atoms with E-state index in [4.69, 9.17) is 23.7 Å². The fourth-order valence-corrected chi connectivity index (χ4v) is 4.30. The van der Waals surface area contributed by atoms with Crippen LogP contribution >= 0.6 is 0 Å². The molecule has 13 heteroatoms. The van der Waals surface area contributed by atoms with E-state index in [9.17, 15) is 40.9 Å². The van der Waals surface area contributed by atoms with Crippen LogP contribution in [0.25, 0.3) is 0 Å². The highest BCUT2D eigenvalue weighted by atomic mass is 16.7. The predicted molar refractivity (Wildman–Crippen MR) is 125 cm³/mol. The maximum absolute atomic E-state index is 10.5. The van der Waals surface area contributed by atoms with Crippen LogP contribution in [-0.2, 0) is 20.6 Å². The highest BCUT2D eigenvalue weighted by Crippen LogP contribution is 2.37. The minimum atomic E-state index is -1.69. The summed E-state index contributed by atoms with van der Waals surface area (Å²) in [6.07, 6.45) is -11.9. The number of aryl methyl sites for hydroxylation is 1. The summed E-state index contributed by atoms with van der Waals surface area (Å²) >= 11 is 0. The van der Waals surface area contributed by atoms with E-state index in [2.05, 4.69) is 6.92 Å². The fourth-order valence-electron chi connectivity index (χ4n) is 4.30. The number of phenolic OH excluding ortho intramolecular Hbond substituents is 1. The van der Waals surface area contributed by atoms with Crippen LogP contribution in [0.5, 0.6) is 17.2 Å². The highest BCUT2D eigenvalue weighted by molar-refractivity contribution is 5.51. The van der Waals surface area contributed by atoms with E-state index in [1.807, 2.05) is 0 Å². The van der Waals surface area contributed by atoms with Gasteiger partial charge in [0.05, 0.1) is 20.3 Å². The van der Waals surface area contributed by atoms with Gasteiger partial charge in [-0.2, -0.15) is 0 Å². The summed E-state index contributed by atoms with van der Waals surface area (Å²) in [6.45, 7) is 0.929. The number of aromatic hydroxyl groups is 1. The molecule has 0 saturated carbocycles. The Morgan fingerprint density at radius 3 is 2.05 bits per heavy atom. The zero-order chi connectivity index (χ0) is 27.3. The van der Waals surface area contributed by atoms with E-state index in [0.717, 1.165) is 19.3 Å². The van der Waals surface area contributed by atoms with Gasteiger partial charge in [0.1, 0.15) is 54.6 Å². The Morgan fingerprint density at radius 1 is 0.811 bits per heavy atom. The normalized spacial score (nSPS) is 36.4. The van der Waals surface area contributed by atoms with Crippen molar-refractivity contribution >= 4 is 0 Å². The quantitative estimate of drug-likeness (QED) is 0.147. The van der Waals surface area contributed by atoms with Crippen molar-refractivity contribution in [2.75, 3.05) is 20.3 Å². The number of hydrogen-bond donors (Lipinski definition) is 8. The van der Waals surface area contributed by atoms with Crippen molar-refractivity contribution in [2.24, 2.45) is 0 Å². The maximum Gasteiger partial charge on any atom is 0.229 e. The van der Waals surface area contributed by atoms with E-state index < -0.39 is 74.6 Å². The Labute approximate surface area is 214 Å². The molecule has 0 bridgehead atoms. The number of phenols is 1. The number of ether oxygens (including phenoxy) is 5. The van der Waals surface area contributed by atoms with E-state index in [1.165, 1.54) is 13.2 Å². The summed E-state index contributed by atoms with van der Waals surface area (Å²) < 4.78 is 27.3. The largest absolute Gasteiger partial charge is 0.504 e. The van der Waals surface area contributed by atoms with Crippen LogP contribution in [-0.4, -0.2) is 123 Å². The van der Waals surface area contributed by atoms with Crippen molar-refractivity contribution in [2.45, 2.75) is 94.0 Å². The van der Waals surface area contributed by atoms with Gasteiger partial charge in [0.25, 0.3) is 0 Å². The third kappa shape index (κ3) is 6.81. The van der Waals surface area contributed by atoms with E-state index in [0.29, 0.717) is 12.0 Å². The van der Waals surface area contributed by atoms with Crippen LogP contribution < -0.4 is 9.47 Å². The molecule has 13 nitrogen and oxygen atoms in total. The first-order valence-corrected chi connectivity index (χ1v) is 12.3. The van der Waals surface area contributed by atoms with Crippen LogP contribution in [0.3, 0.4) is 0 Å². The SMILES string of the molecule is CCCCCc1cc(O[C@@H]2O[C@H](CO[C@@H]3O[C@H](CO)[C@@H](O)[C@H](O)[C@H]3O)[C@@H](O)[C@H](O)[C@H]2O)cc(OC)c1O. The minimum absolute atomic E-state index is 0.0303. The number of unbranched alkanes of at least 4 members (excludes halogenated alkanes) is 2. The second-order valence-electron chi connectivity index (χ2n) is 9.25.